The quantitative estimate of drug-likeness (QED) is 0.554. The molecule has 0 spiro atoms. The average molecular weight is 167 g/mol. The van der Waals surface area contributed by atoms with Gasteiger partial charge in [0.1, 0.15) is 7.05 Å². The fourth-order valence-electron chi connectivity index (χ4n) is 1.07. The molecular formula is C7H11N4O+. The summed E-state index contributed by atoms with van der Waals surface area (Å²) in [6.45, 7) is 0.0359. The molecule has 0 fully saturated rings. The van der Waals surface area contributed by atoms with Gasteiger partial charge in [-0.1, -0.05) is 0 Å². The highest BCUT2D eigenvalue weighted by atomic mass is 16.3. The van der Waals surface area contributed by atoms with Crippen molar-refractivity contribution in [2.75, 3.05) is 6.61 Å². The van der Waals surface area contributed by atoms with Gasteiger partial charge in [-0.15, -0.1) is 0 Å². The van der Waals surface area contributed by atoms with Gasteiger partial charge in [0.25, 0.3) is 0 Å². The van der Waals surface area contributed by atoms with E-state index in [2.05, 4.69) is 5.10 Å². The standard InChI is InChI=1S/C7H11N4O/c1-10-7(3-4-12)6(5-8)9-11(10)2/h12H,3-4H2,1-2H3/q+1. The van der Waals surface area contributed by atoms with E-state index >= 15 is 0 Å². The van der Waals surface area contributed by atoms with E-state index in [1.54, 1.807) is 23.6 Å². The molecule has 0 saturated heterocycles. The lowest BCUT2D eigenvalue weighted by molar-refractivity contribution is -0.762. The topological polar surface area (TPSA) is 65.7 Å². The first-order valence-electron chi connectivity index (χ1n) is 3.64. The summed E-state index contributed by atoms with van der Waals surface area (Å²) in [5, 5.41) is 21.3. The second-order valence-electron chi connectivity index (χ2n) is 2.49. The number of hydrogen-bond donors (Lipinski definition) is 1. The molecule has 0 unspecified atom stereocenters. The van der Waals surface area contributed by atoms with Crippen LogP contribution in [-0.2, 0) is 20.5 Å². The van der Waals surface area contributed by atoms with Gasteiger partial charge in [-0.2, -0.15) is 9.94 Å². The predicted molar refractivity (Wildman–Crippen MR) is 39.9 cm³/mol. The minimum Gasteiger partial charge on any atom is -0.396 e. The molecule has 0 radical (unpaired) electrons. The minimum absolute atomic E-state index is 0.0359. The van der Waals surface area contributed by atoms with E-state index in [0.29, 0.717) is 12.1 Å². The molecule has 0 aliphatic heterocycles. The Hall–Kier alpha value is -1.41. The summed E-state index contributed by atoms with van der Waals surface area (Å²) in [7, 11) is 3.56. The molecule has 1 N–H and O–H groups in total. The van der Waals surface area contributed by atoms with Crippen molar-refractivity contribution in [2.45, 2.75) is 6.42 Å². The van der Waals surface area contributed by atoms with Crippen LogP contribution in [0.2, 0.25) is 0 Å². The van der Waals surface area contributed by atoms with Crippen LogP contribution in [0.15, 0.2) is 0 Å². The highest BCUT2D eigenvalue weighted by Gasteiger charge is 2.20. The maximum Gasteiger partial charge on any atom is 0.320 e. The number of nitrogens with zero attached hydrogens (tertiary/aromatic N) is 4. The van der Waals surface area contributed by atoms with Gasteiger partial charge in [-0.3, -0.25) is 0 Å². The van der Waals surface area contributed by atoms with Crippen LogP contribution in [0, 0.1) is 11.3 Å². The highest BCUT2D eigenvalue weighted by Crippen LogP contribution is 1.97. The van der Waals surface area contributed by atoms with Gasteiger partial charge in [-0.25, -0.2) is 0 Å². The Balaban J connectivity index is 3.14. The van der Waals surface area contributed by atoms with Crippen molar-refractivity contribution in [3.8, 4) is 6.07 Å². The maximum atomic E-state index is 8.71. The molecule has 5 heteroatoms. The van der Waals surface area contributed by atoms with Gasteiger partial charge in [0.15, 0.2) is 11.8 Å². The summed E-state index contributed by atoms with van der Waals surface area (Å²) in [6, 6.07) is 1.98. The van der Waals surface area contributed by atoms with Gasteiger partial charge in [0.2, 0.25) is 0 Å². The van der Waals surface area contributed by atoms with Crippen LogP contribution >= 0.6 is 0 Å². The van der Waals surface area contributed by atoms with Gasteiger partial charge in [0.05, 0.1) is 18.8 Å². The van der Waals surface area contributed by atoms with Crippen LogP contribution in [-0.4, -0.2) is 21.6 Å². The third kappa shape index (κ3) is 1.29. The Morgan fingerprint density at radius 3 is 2.92 bits per heavy atom. The molecule has 0 aliphatic rings. The number of aliphatic hydroxyl groups excluding tert-OH is 1. The lowest BCUT2D eigenvalue weighted by Crippen LogP contribution is -2.41. The summed E-state index contributed by atoms with van der Waals surface area (Å²) < 4.78 is 1.74. The summed E-state index contributed by atoms with van der Waals surface area (Å²) in [4.78, 5) is 1.57. The van der Waals surface area contributed by atoms with Crippen molar-refractivity contribution in [1.29, 1.82) is 5.26 Å². The smallest absolute Gasteiger partial charge is 0.320 e. The molecule has 64 valence electrons. The third-order valence-electron chi connectivity index (χ3n) is 1.80. The van der Waals surface area contributed by atoms with Gasteiger partial charge < -0.3 is 5.11 Å². The van der Waals surface area contributed by atoms with E-state index in [1.165, 1.54) is 0 Å². The van der Waals surface area contributed by atoms with Crippen LogP contribution in [0.4, 0.5) is 0 Å². The SMILES string of the molecule is Cn1nc(C#N)c(CCO)[n+]1C. The zero-order valence-electron chi connectivity index (χ0n) is 7.15. The van der Waals surface area contributed by atoms with E-state index in [4.69, 9.17) is 10.4 Å². The van der Waals surface area contributed by atoms with Crippen molar-refractivity contribution in [2.24, 2.45) is 14.1 Å². The zero-order valence-corrected chi connectivity index (χ0v) is 7.15. The van der Waals surface area contributed by atoms with E-state index in [0.717, 1.165) is 5.69 Å². The van der Waals surface area contributed by atoms with Crippen LogP contribution < -0.4 is 4.68 Å². The molecule has 1 aromatic heterocycles. The summed E-state index contributed by atoms with van der Waals surface area (Å²) in [5.74, 6) is 0. The molecule has 12 heavy (non-hydrogen) atoms. The number of rotatable bonds is 2. The molecule has 5 nitrogen and oxygen atoms in total. The van der Waals surface area contributed by atoms with Gasteiger partial charge >= 0.3 is 5.69 Å². The number of aryl methyl sites for hydroxylation is 1. The molecular weight excluding hydrogens is 156 g/mol. The normalized spacial score (nSPS) is 9.83. The largest absolute Gasteiger partial charge is 0.396 e. The Morgan fingerprint density at radius 1 is 1.75 bits per heavy atom. The molecule has 1 rings (SSSR count). The minimum atomic E-state index is 0.0359. The predicted octanol–water partition coefficient (Wildman–Crippen LogP) is -1.35. The van der Waals surface area contributed by atoms with Crippen molar-refractivity contribution < 1.29 is 9.79 Å². The fourth-order valence-corrected chi connectivity index (χ4v) is 1.07. The van der Waals surface area contributed by atoms with E-state index in [1.807, 2.05) is 6.07 Å². The average Bonchev–Trinajstić information content (AvgIpc) is 2.33. The third-order valence-corrected chi connectivity index (χ3v) is 1.80. The highest BCUT2D eigenvalue weighted by molar-refractivity contribution is 5.20. The number of aliphatic hydroxyl groups is 1. The molecule has 0 bridgehead atoms. The molecule has 1 heterocycles. The molecule has 0 atom stereocenters. The number of hydrogen-bond acceptors (Lipinski definition) is 3. The van der Waals surface area contributed by atoms with E-state index in [-0.39, 0.29) is 6.61 Å². The summed E-state index contributed by atoms with van der Waals surface area (Å²) in [5.41, 5.74) is 1.15. The van der Waals surface area contributed by atoms with Crippen molar-refractivity contribution in [1.82, 2.24) is 9.90 Å². The Bertz CT molecular complexity index is 323. The molecule has 1 aromatic rings. The monoisotopic (exact) mass is 167 g/mol. The van der Waals surface area contributed by atoms with E-state index < -0.39 is 0 Å². The molecule has 0 amide bonds. The van der Waals surface area contributed by atoms with Gasteiger partial charge in [-0.05, 0) is 4.80 Å². The lowest BCUT2D eigenvalue weighted by atomic mass is 10.2. The van der Waals surface area contributed by atoms with Crippen LogP contribution in [0.3, 0.4) is 0 Å². The number of nitriles is 1. The Kier molecular flexibility index (Phi) is 2.41. The molecule has 0 aliphatic carbocycles. The Labute approximate surface area is 70.4 Å². The van der Waals surface area contributed by atoms with Crippen LogP contribution in [0.5, 0.6) is 0 Å². The van der Waals surface area contributed by atoms with Crippen molar-refractivity contribution in [3.05, 3.63) is 11.4 Å². The lowest BCUT2D eigenvalue weighted by Gasteiger charge is -1.92. The first kappa shape index (κ1) is 8.68. The second kappa shape index (κ2) is 3.32. The molecule has 0 saturated carbocycles. The number of aromatic nitrogens is 3. The van der Waals surface area contributed by atoms with Crippen molar-refractivity contribution in [3.63, 3.8) is 0 Å². The maximum absolute atomic E-state index is 8.71. The fraction of sp³-hybridized carbons (Fsp3) is 0.571. The summed E-state index contributed by atoms with van der Waals surface area (Å²) in [6.07, 6.45) is 0.466. The second-order valence-corrected chi connectivity index (χ2v) is 2.49. The van der Waals surface area contributed by atoms with Crippen molar-refractivity contribution >= 4 is 0 Å². The summed E-state index contributed by atoms with van der Waals surface area (Å²) >= 11 is 0. The molecule has 0 aromatic carbocycles. The first-order valence-corrected chi connectivity index (χ1v) is 3.64. The van der Waals surface area contributed by atoms with E-state index in [9.17, 15) is 0 Å². The van der Waals surface area contributed by atoms with Gasteiger partial charge in [0, 0.05) is 6.42 Å². The van der Waals surface area contributed by atoms with Crippen LogP contribution in [0.1, 0.15) is 11.4 Å². The first-order chi connectivity index (χ1) is 5.70. The Morgan fingerprint density at radius 2 is 2.42 bits per heavy atom. The zero-order chi connectivity index (χ0) is 9.14. The van der Waals surface area contributed by atoms with Crippen LogP contribution in [0.25, 0.3) is 0 Å².